The van der Waals surface area contributed by atoms with E-state index < -0.39 is 0 Å². The molecular weight excluding hydrogens is 432 g/mol. The van der Waals surface area contributed by atoms with E-state index in [1.165, 1.54) is 25.7 Å². The van der Waals surface area contributed by atoms with E-state index in [9.17, 15) is 4.79 Å². The van der Waals surface area contributed by atoms with Crippen molar-refractivity contribution in [1.82, 2.24) is 40.0 Å². The second-order valence-electron chi connectivity index (χ2n) is 12.3. The highest BCUT2D eigenvalue weighted by Crippen LogP contribution is 2.56. The van der Waals surface area contributed by atoms with E-state index in [0.717, 1.165) is 94.4 Å². The van der Waals surface area contributed by atoms with Crippen molar-refractivity contribution in [3.05, 3.63) is 23.4 Å². The van der Waals surface area contributed by atoms with Crippen molar-refractivity contribution in [2.75, 3.05) is 39.3 Å². The molecule has 10 nitrogen and oxygen atoms in total. The molecule has 0 aromatic carbocycles. The van der Waals surface area contributed by atoms with E-state index >= 15 is 0 Å². The molecule has 3 aliphatic heterocycles. The number of aromatic nitrogens is 5. The molecule has 2 amide bonds. The minimum absolute atomic E-state index is 0.230. The number of rotatable bonds is 6. The highest BCUT2D eigenvalue weighted by molar-refractivity contribution is 5.77. The van der Waals surface area contributed by atoms with Gasteiger partial charge < -0.3 is 14.3 Å². The topological polar surface area (TPSA) is 107 Å². The van der Waals surface area contributed by atoms with Crippen LogP contribution in [0.5, 0.6) is 0 Å². The van der Waals surface area contributed by atoms with Gasteiger partial charge in [-0.05, 0) is 44.4 Å². The number of carbonyl (C=O) groups is 1. The summed E-state index contributed by atoms with van der Waals surface area (Å²) >= 11 is 0. The molecule has 0 atom stereocenters. The van der Waals surface area contributed by atoms with Crippen LogP contribution in [-0.4, -0.2) is 85.3 Å². The largest absolute Gasteiger partial charge is 0.338 e. The van der Waals surface area contributed by atoms with Crippen molar-refractivity contribution in [2.45, 2.75) is 63.3 Å². The maximum Gasteiger partial charge on any atom is 0.320 e. The number of amides is 2. The normalized spacial score (nSPS) is 27.4. The van der Waals surface area contributed by atoms with Gasteiger partial charge in [-0.2, -0.15) is 10.1 Å². The lowest BCUT2D eigenvalue weighted by molar-refractivity contribution is -0.118. The van der Waals surface area contributed by atoms with Crippen LogP contribution in [0, 0.1) is 16.7 Å². The smallest absolute Gasteiger partial charge is 0.320 e. The van der Waals surface area contributed by atoms with Gasteiger partial charge in [0.1, 0.15) is 5.82 Å². The van der Waals surface area contributed by atoms with Crippen molar-refractivity contribution in [2.24, 2.45) is 16.7 Å². The van der Waals surface area contributed by atoms with Gasteiger partial charge in [-0.25, -0.2) is 9.78 Å². The average Bonchev–Trinajstić information content (AvgIpc) is 3.62. The molecule has 8 rings (SSSR count). The molecule has 0 bridgehead atoms. The number of hydrogen-bond donors (Lipinski definition) is 1. The number of H-pyrrole nitrogens is 1. The molecule has 1 N–H and O–H groups in total. The van der Waals surface area contributed by atoms with Gasteiger partial charge in [-0.3, -0.25) is 10.00 Å². The summed E-state index contributed by atoms with van der Waals surface area (Å²) in [6.45, 7) is 6.33. The number of urea groups is 1. The van der Waals surface area contributed by atoms with Gasteiger partial charge in [0.25, 0.3) is 0 Å². The fourth-order valence-corrected chi connectivity index (χ4v) is 6.86. The van der Waals surface area contributed by atoms with E-state index in [0.29, 0.717) is 17.3 Å². The first-order chi connectivity index (χ1) is 16.5. The van der Waals surface area contributed by atoms with Gasteiger partial charge in [-0.15, -0.1) is 0 Å². The van der Waals surface area contributed by atoms with Crippen molar-refractivity contribution in [3.8, 4) is 0 Å². The molecule has 34 heavy (non-hydrogen) atoms. The van der Waals surface area contributed by atoms with Crippen LogP contribution in [0.2, 0.25) is 0 Å². The first-order valence-electron chi connectivity index (χ1n) is 13.0. The van der Waals surface area contributed by atoms with Crippen molar-refractivity contribution in [3.63, 3.8) is 0 Å². The van der Waals surface area contributed by atoms with Gasteiger partial charge in [0.2, 0.25) is 5.89 Å². The molecular formula is C24H32N8O2. The lowest BCUT2D eigenvalue weighted by atomic mass is 9.57. The van der Waals surface area contributed by atoms with Crippen LogP contribution in [0.1, 0.15) is 73.7 Å². The van der Waals surface area contributed by atoms with Crippen LogP contribution < -0.4 is 0 Å². The fourth-order valence-electron chi connectivity index (χ4n) is 6.86. The van der Waals surface area contributed by atoms with Crippen molar-refractivity contribution in [1.29, 1.82) is 0 Å². The number of carbonyl (C=O) groups excluding carboxylic acids is 1. The zero-order valence-corrected chi connectivity index (χ0v) is 19.6. The first kappa shape index (κ1) is 19.8. The van der Waals surface area contributed by atoms with Crippen LogP contribution in [0.4, 0.5) is 4.79 Å². The average molecular weight is 465 g/mol. The van der Waals surface area contributed by atoms with Crippen LogP contribution in [0.3, 0.4) is 0 Å². The van der Waals surface area contributed by atoms with Crippen molar-refractivity contribution >= 4 is 6.03 Å². The third-order valence-electron chi connectivity index (χ3n) is 9.01. The summed E-state index contributed by atoms with van der Waals surface area (Å²) in [4.78, 5) is 28.7. The summed E-state index contributed by atoms with van der Waals surface area (Å²) in [5.74, 6) is 5.54. The zero-order valence-electron chi connectivity index (χ0n) is 19.6. The van der Waals surface area contributed by atoms with Gasteiger partial charge in [-0.1, -0.05) is 5.16 Å². The van der Waals surface area contributed by atoms with E-state index in [2.05, 4.69) is 25.2 Å². The molecule has 6 fully saturated rings. The Morgan fingerprint density at radius 2 is 1.68 bits per heavy atom. The Kier molecular flexibility index (Phi) is 3.96. The molecule has 2 aromatic rings. The lowest BCUT2D eigenvalue weighted by Gasteiger charge is -2.63. The van der Waals surface area contributed by atoms with E-state index in [1.54, 1.807) is 0 Å². The minimum atomic E-state index is 0.230. The summed E-state index contributed by atoms with van der Waals surface area (Å²) in [6.07, 6.45) is 8.30. The summed E-state index contributed by atoms with van der Waals surface area (Å²) in [5, 5.41) is 11.7. The molecule has 3 saturated heterocycles. The second kappa shape index (κ2) is 6.80. The lowest BCUT2D eigenvalue weighted by Crippen LogP contribution is -2.75. The second-order valence-corrected chi connectivity index (χ2v) is 12.3. The van der Waals surface area contributed by atoms with E-state index in [4.69, 9.17) is 9.51 Å². The molecule has 0 unspecified atom stereocenters. The third-order valence-corrected chi connectivity index (χ3v) is 9.01. The quantitative estimate of drug-likeness (QED) is 0.698. The van der Waals surface area contributed by atoms with Gasteiger partial charge in [0.15, 0.2) is 11.6 Å². The monoisotopic (exact) mass is 464 g/mol. The third kappa shape index (κ3) is 3.28. The molecule has 2 aromatic heterocycles. The number of nitrogens with one attached hydrogen (secondary N) is 1. The highest BCUT2D eigenvalue weighted by Gasteiger charge is 2.58. The van der Waals surface area contributed by atoms with E-state index in [-0.39, 0.29) is 11.4 Å². The maximum atomic E-state index is 12.9. The Bertz CT molecular complexity index is 1110. The standard InChI is InChI=1S/C24H32N8O2/c33-22(31-11-23(12-31)6-17(7-23)21-26-20(27-28-21)16-3-4-16)32-13-24(14-32)9-30(10-24)8-19-25-18(29-34-19)5-15-1-2-15/h15-17H,1-14H2,(H,26,27,28). The predicted molar refractivity (Wildman–Crippen MR) is 120 cm³/mol. The first-order valence-corrected chi connectivity index (χ1v) is 13.0. The Balaban J connectivity index is 0.773. The summed E-state index contributed by atoms with van der Waals surface area (Å²) in [6, 6.07) is 0.230. The molecule has 0 radical (unpaired) electrons. The highest BCUT2D eigenvalue weighted by atomic mass is 16.5. The summed E-state index contributed by atoms with van der Waals surface area (Å²) in [5.41, 5.74) is 0.598. The van der Waals surface area contributed by atoms with Crippen LogP contribution in [0.15, 0.2) is 4.52 Å². The Morgan fingerprint density at radius 1 is 0.941 bits per heavy atom. The molecule has 5 heterocycles. The van der Waals surface area contributed by atoms with Gasteiger partial charge in [0, 0.05) is 68.4 Å². The Labute approximate surface area is 198 Å². The number of nitrogens with zero attached hydrogens (tertiary/aromatic N) is 7. The van der Waals surface area contributed by atoms with Crippen LogP contribution in [0.25, 0.3) is 0 Å². The molecule has 3 saturated carbocycles. The molecule has 3 aliphatic carbocycles. The summed E-state index contributed by atoms with van der Waals surface area (Å²) < 4.78 is 5.43. The number of hydrogen-bond acceptors (Lipinski definition) is 7. The fraction of sp³-hybridized carbons (Fsp3) is 0.792. The molecule has 2 spiro atoms. The van der Waals surface area contributed by atoms with Gasteiger partial charge >= 0.3 is 6.03 Å². The Hall–Kier alpha value is -2.49. The molecule has 180 valence electrons. The molecule has 10 heteroatoms. The Morgan fingerprint density at radius 3 is 2.38 bits per heavy atom. The maximum absolute atomic E-state index is 12.9. The molecule has 6 aliphatic rings. The van der Waals surface area contributed by atoms with Gasteiger partial charge in [0.05, 0.1) is 6.54 Å². The van der Waals surface area contributed by atoms with Crippen LogP contribution in [-0.2, 0) is 13.0 Å². The SMILES string of the molecule is O=C(N1CC2(CC(c3n[nH]c(C4CC4)n3)C2)C1)N1CC2(CN(Cc3nc(CC4CC4)no3)C2)C1. The number of aromatic amines is 1. The van der Waals surface area contributed by atoms with E-state index in [1.807, 2.05) is 9.80 Å². The van der Waals surface area contributed by atoms with Crippen molar-refractivity contribution < 1.29 is 9.32 Å². The number of likely N-dealkylation sites (tertiary alicyclic amines) is 3. The minimum Gasteiger partial charge on any atom is -0.338 e. The predicted octanol–water partition coefficient (Wildman–Crippen LogP) is 2.13. The zero-order chi connectivity index (χ0) is 22.5. The summed E-state index contributed by atoms with van der Waals surface area (Å²) in [7, 11) is 0. The van der Waals surface area contributed by atoms with Crippen LogP contribution >= 0.6 is 0 Å².